The number of fused-ring (bicyclic) bond motifs is 2. The summed E-state index contributed by atoms with van der Waals surface area (Å²) < 4.78 is 0. The Balaban J connectivity index is 2.02. The molecule has 0 amide bonds. The molecule has 0 unspecified atom stereocenters. The summed E-state index contributed by atoms with van der Waals surface area (Å²) in [5.74, 6) is 1.91. The minimum atomic E-state index is 0.957. The maximum Gasteiger partial charge on any atom is 0.152 e. The van der Waals surface area contributed by atoms with Crippen LogP contribution in [-0.2, 0) is 0 Å². The molecule has 3 aromatic rings. The first-order valence-electron chi connectivity index (χ1n) is 7.61. The molecule has 3 nitrogen and oxygen atoms in total. The van der Waals surface area contributed by atoms with E-state index in [0.717, 1.165) is 21.4 Å². The van der Waals surface area contributed by atoms with Gasteiger partial charge in [0, 0.05) is 12.4 Å². The van der Waals surface area contributed by atoms with Crippen molar-refractivity contribution in [2.75, 3.05) is 4.90 Å². The molecular formula is C19H17N3S. The zero-order valence-electron chi connectivity index (χ0n) is 13.4. The van der Waals surface area contributed by atoms with Gasteiger partial charge in [-0.15, -0.1) is 0 Å². The molecule has 0 atom stereocenters. The third-order valence-corrected chi connectivity index (χ3v) is 5.08. The molecular weight excluding hydrogens is 302 g/mol. The Hall–Kier alpha value is -2.33. The summed E-state index contributed by atoms with van der Waals surface area (Å²) in [5.41, 5.74) is 4.93. The largest absolute Gasteiger partial charge is 0.277 e. The van der Waals surface area contributed by atoms with Crippen molar-refractivity contribution in [2.24, 2.45) is 0 Å². The number of pyridine rings is 2. The first-order valence-corrected chi connectivity index (χ1v) is 8.42. The first kappa shape index (κ1) is 14.3. The smallest absolute Gasteiger partial charge is 0.152 e. The van der Waals surface area contributed by atoms with Gasteiger partial charge in [-0.2, -0.15) is 0 Å². The Labute approximate surface area is 140 Å². The average Bonchev–Trinajstić information content (AvgIpc) is 2.53. The molecule has 114 valence electrons. The van der Waals surface area contributed by atoms with Gasteiger partial charge in [-0.3, -0.25) is 4.90 Å². The van der Waals surface area contributed by atoms with Crippen molar-refractivity contribution in [3.05, 3.63) is 65.5 Å². The van der Waals surface area contributed by atoms with Crippen molar-refractivity contribution in [3.8, 4) is 0 Å². The van der Waals surface area contributed by atoms with Crippen LogP contribution in [0.3, 0.4) is 0 Å². The van der Waals surface area contributed by atoms with Crippen LogP contribution in [0.4, 0.5) is 17.3 Å². The normalized spacial score (nSPS) is 12.7. The molecule has 0 saturated carbocycles. The van der Waals surface area contributed by atoms with Crippen LogP contribution in [0.2, 0.25) is 0 Å². The Morgan fingerprint density at radius 1 is 0.826 bits per heavy atom. The number of aromatic nitrogens is 2. The molecule has 3 heterocycles. The molecule has 0 bridgehead atoms. The molecule has 1 aromatic carbocycles. The SMILES string of the molecule is Cc1cc(C)c(N2c3ncccc3Sc3cccnc32)c(C)c1. The lowest BCUT2D eigenvalue weighted by Gasteiger charge is -2.32. The number of anilines is 3. The maximum atomic E-state index is 4.65. The number of benzene rings is 1. The lowest BCUT2D eigenvalue weighted by molar-refractivity contribution is 1.02. The lowest BCUT2D eigenvalue weighted by Crippen LogP contribution is -2.19. The second kappa shape index (κ2) is 5.39. The standard InChI is InChI=1S/C19H17N3S/c1-12-10-13(2)17(14(3)11-12)22-18-15(6-4-8-20-18)23-16-7-5-9-21-19(16)22/h4-11H,1-3H3. The predicted octanol–water partition coefficient (Wildman–Crippen LogP) is 5.34. The summed E-state index contributed by atoms with van der Waals surface area (Å²) in [5, 5.41) is 0. The highest BCUT2D eigenvalue weighted by Gasteiger charge is 2.28. The summed E-state index contributed by atoms with van der Waals surface area (Å²) in [6, 6.07) is 12.6. The van der Waals surface area contributed by atoms with Gasteiger partial charge >= 0.3 is 0 Å². The summed E-state index contributed by atoms with van der Waals surface area (Å²) >= 11 is 1.73. The van der Waals surface area contributed by atoms with E-state index in [2.05, 4.69) is 59.9 Å². The van der Waals surface area contributed by atoms with E-state index in [1.54, 1.807) is 11.8 Å². The van der Waals surface area contributed by atoms with E-state index in [4.69, 9.17) is 0 Å². The van der Waals surface area contributed by atoms with Crippen LogP contribution < -0.4 is 4.90 Å². The van der Waals surface area contributed by atoms with Crippen molar-refractivity contribution in [3.63, 3.8) is 0 Å². The van der Waals surface area contributed by atoms with Gasteiger partial charge in [0.05, 0.1) is 15.5 Å². The summed E-state index contributed by atoms with van der Waals surface area (Å²) in [4.78, 5) is 13.8. The molecule has 0 N–H and O–H groups in total. The minimum absolute atomic E-state index is 0.957. The second-order valence-corrected chi connectivity index (χ2v) is 6.92. The highest BCUT2D eigenvalue weighted by molar-refractivity contribution is 7.99. The van der Waals surface area contributed by atoms with E-state index >= 15 is 0 Å². The van der Waals surface area contributed by atoms with Crippen LogP contribution in [0, 0.1) is 20.8 Å². The second-order valence-electron chi connectivity index (χ2n) is 5.84. The zero-order valence-corrected chi connectivity index (χ0v) is 14.2. The van der Waals surface area contributed by atoms with E-state index in [1.807, 2.05) is 24.5 Å². The zero-order chi connectivity index (χ0) is 16.0. The van der Waals surface area contributed by atoms with Crippen LogP contribution in [0.25, 0.3) is 0 Å². The fourth-order valence-electron chi connectivity index (χ4n) is 3.22. The van der Waals surface area contributed by atoms with Crippen LogP contribution in [0.5, 0.6) is 0 Å². The Morgan fingerprint density at radius 3 is 1.87 bits per heavy atom. The average molecular weight is 319 g/mol. The van der Waals surface area contributed by atoms with Crippen molar-refractivity contribution in [1.29, 1.82) is 0 Å². The van der Waals surface area contributed by atoms with Crippen LogP contribution in [0.1, 0.15) is 16.7 Å². The van der Waals surface area contributed by atoms with E-state index in [0.29, 0.717) is 0 Å². The summed E-state index contributed by atoms with van der Waals surface area (Å²) in [7, 11) is 0. The summed E-state index contributed by atoms with van der Waals surface area (Å²) in [6.07, 6.45) is 3.69. The highest BCUT2D eigenvalue weighted by Crippen LogP contribution is 2.50. The fourth-order valence-corrected chi connectivity index (χ4v) is 4.22. The molecule has 0 fully saturated rings. The first-order chi connectivity index (χ1) is 11.1. The summed E-state index contributed by atoms with van der Waals surface area (Å²) in [6.45, 7) is 6.44. The predicted molar refractivity (Wildman–Crippen MR) is 95.0 cm³/mol. The molecule has 0 saturated heterocycles. The topological polar surface area (TPSA) is 29.0 Å². The molecule has 0 aliphatic carbocycles. The van der Waals surface area contributed by atoms with Gasteiger partial charge in [0.25, 0.3) is 0 Å². The van der Waals surface area contributed by atoms with E-state index < -0.39 is 0 Å². The molecule has 0 radical (unpaired) electrons. The van der Waals surface area contributed by atoms with Crippen LogP contribution in [0.15, 0.2) is 58.6 Å². The molecule has 4 heteroatoms. The van der Waals surface area contributed by atoms with E-state index in [1.165, 1.54) is 22.4 Å². The molecule has 23 heavy (non-hydrogen) atoms. The van der Waals surface area contributed by atoms with Crippen molar-refractivity contribution >= 4 is 29.1 Å². The molecule has 2 aromatic heterocycles. The lowest BCUT2D eigenvalue weighted by atomic mass is 10.0. The van der Waals surface area contributed by atoms with Gasteiger partial charge in [0.1, 0.15) is 0 Å². The number of rotatable bonds is 1. The number of aryl methyl sites for hydroxylation is 3. The van der Waals surface area contributed by atoms with E-state index in [9.17, 15) is 0 Å². The van der Waals surface area contributed by atoms with Crippen LogP contribution >= 0.6 is 11.8 Å². The van der Waals surface area contributed by atoms with Gasteiger partial charge < -0.3 is 0 Å². The number of hydrogen-bond donors (Lipinski definition) is 0. The van der Waals surface area contributed by atoms with Gasteiger partial charge in [-0.25, -0.2) is 9.97 Å². The Bertz CT molecular complexity index is 836. The van der Waals surface area contributed by atoms with E-state index in [-0.39, 0.29) is 0 Å². The number of hydrogen-bond acceptors (Lipinski definition) is 4. The third kappa shape index (κ3) is 2.30. The molecule has 1 aliphatic heterocycles. The maximum absolute atomic E-state index is 4.65. The quantitative estimate of drug-likeness (QED) is 0.474. The Morgan fingerprint density at radius 2 is 1.35 bits per heavy atom. The van der Waals surface area contributed by atoms with Crippen molar-refractivity contribution < 1.29 is 0 Å². The molecule has 0 spiro atoms. The van der Waals surface area contributed by atoms with Gasteiger partial charge in [0.2, 0.25) is 0 Å². The third-order valence-electron chi connectivity index (χ3n) is 4.00. The van der Waals surface area contributed by atoms with Gasteiger partial charge in [-0.1, -0.05) is 29.5 Å². The van der Waals surface area contributed by atoms with Gasteiger partial charge in [-0.05, 0) is 56.2 Å². The monoisotopic (exact) mass is 319 g/mol. The highest BCUT2D eigenvalue weighted by atomic mass is 32.2. The molecule has 1 aliphatic rings. The Kier molecular flexibility index (Phi) is 3.34. The minimum Gasteiger partial charge on any atom is -0.277 e. The van der Waals surface area contributed by atoms with Crippen molar-refractivity contribution in [2.45, 2.75) is 30.6 Å². The van der Waals surface area contributed by atoms with Gasteiger partial charge in [0.15, 0.2) is 11.6 Å². The molecule has 4 rings (SSSR count). The number of nitrogens with zero attached hydrogens (tertiary/aromatic N) is 3. The van der Waals surface area contributed by atoms with Crippen molar-refractivity contribution in [1.82, 2.24) is 9.97 Å². The van der Waals surface area contributed by atoms with Crippen LogP contribution in [-0.4, -0.2) is 9.97 Å². The fraction of sp³-hybridized carbons (Fsp3) is 0.158.